The van der Waals surface area contributed by atoms with Gasteiger partial charge in [0.2, 0.25) is 5.96 Å². The topological polar surface area (TPSA) is 74.4 Å². The van der Waals surface area contributed by atoms with Gasteiger partial charge >= 0.3 is 0 Å². The molecule has 4 rings (SSSR count). The van der Waals surface area contributed by atoms with Crippen molar-refractivity contribution in [3.05, 3.63) is 29.1 Å². The van der Waals surface area contributed by atoms with Crippen molar-refractivity contribution < 1.29 is 9.84 Å². The van der Waals surface area contributed by atoms with Crippen LogP contribution in [0.2, 0.25) is 0 Å². The lowest BCUT2D eigenvalue weighted by Crippen LogP contribution is -2.34. The average molecular weight is 442 g/mol. The van der Waals surface area contributed by atoms with Gasteiger partial charge in [0.05, 0.1) is 18.8 Å². The zero-order valence-corrected chi connectivity index (χ0v) is 20.0. The highest BCUT2D eigenvalue weighted by Gasteiger charge is 2.35. The van der Waals surface area contributed by atoms with E-state index < -0.39 is 0 Å². The lowest BCUT2D eigenvalue weighted by atomic mass is 9.85. The Hall–Kier alpha value is -1.96. The largest absolute Gasteiger partial charge is 0.393 e. The predicted octanol–water partition coefficient (Wildman–Crippen LogP) is 3.70. The molecular formula is C25H39N5O2. The molecule has 2 N–H and O–H groups in total. The average Bonchev–Trinajstić information content (AvgIpc) is 3.17. The van der Waals surface area contributed by atoms with Gasteiger partial charge in [0.25, 0.3) is 0 Å². The second-order valence-corrected chi connectivity index (χ2v) is 9.80. The molecule has 1 aliphatic carbocycles. The summed E-state index contributed by atoms with van der Waals surface area (Å²) in [6, 6.07) is 3.56. The van der Waals surface area contributed by atoms with Gasteiger partial charge in [0.1, 0.15) is 0 Å². The molecule has 0 unspecified atom stereocenters. The molecule has 1 aromatic heterocycles. The molecule has 0 amide bonds. The summed E-state index contributed by atoms with van der Waals surface area (Å²) in [5.74, 6) is 0.915. The van der Waals surface area contributed by atoms with Crippen LogP contribution < -0.4 is 5.43 Å². The van der Waals surface area contributed by atoms with Crippen molar-refractivity contribution in [2.24, 2.45) is 9.98 Å². The molecule has 0 aromatic carbocycles. The molecule has 3 aliphatic rings. The quantitative estimate of drug-likeness (QED) is 0.521. The summed E-state index contributed by atoms with van der Waals surface area (Å²) in [6.07, 6.45) is 9.64. The number of rotatable bonds is 6. The Morgan fingerprint density at radius 2 is 2.03 bits per heavy atom. The zero-order valence-electron chi connectivity index (χ0n) is 20.0. The molecule has 2 fully saturated rings. The van der Waals surface area contributed by atoms with Gasteiger partial charge in [-0.2, -0.15) is 0 Å². The molecule has 1 saturated heterocycles. The van der Waals surface area contributed by atoms with Crippen molar-refractivity contribution in [2.75, 3.05) is 26.2 Å². The number of hydrogen-bond donors (Lipinski definition) is 2. The molecule has 176 valence electrons. The smallest absolute Gasteiger partial charge is 0.237 e. The predicted molar refractivity (Wildman–Crippen MR) is 131 cm³/mol. The molecule has 7 heteroatoms. The third-order valence-electron chi connectivity index (χ3n) is 7.59. The monoisotopic (exact) mass is 441 g/mol. The van der Waals surface area contributed by atoms with Crippen LogP contribution >= 0.6 is 0 Å². The van der Waals surface area contributed by atoms with Crippen LogP contribution in [-0.4, -0.2) is 72.4 Å². The van der Waals surface area contributed by atoms with Gasteiger partial charge in [0.15, 0.2) is 0 Å². The first kappa shape index (κ1) is 23.2. The molecular weight excluding hydrogens is 402 g/mol. The number of guanidine groups is 1. The number of aliphatic hydroxyl groups excluding tert-OH is 1. The van der Waals surface area contributed by atoms with Crippen molar-refractivity contribution >= 4 is 18.3 Å². The Morgan fingerprint density at radius 3 is 2.69 bits per heavy atom. The molecule has 3 atom stereocenters. The van der Waals surface area contributed by atoms with Crippen LogP contribution in [-0.2, 0) is 4.74 Å². The Kier molecular flexibility index (Phi) is 7.17. The molecule has 1 aromatic rings. The number of methoxy groups -OCH3 is 1. The fraction of sp³-hybridized carbons (Fsp3) is 0.680. The van der Waals surface area contributed by atoms with Crippen LogP contribution in [0.1, 0.15) is 74.7 Å². The maximum atomic E-state index is 10.0. The number of nitrogens with zero attached hydrogens (tertiary/aromatic N) is 4. The Morgan fingerprint density at radius 1 is 1.28 bits per heavy atom. The lowest BCUT2D eigenvalue weighted by Gasteiger charge is -2.30. The summed E-state index contributed by atoms with van der Waals surface area (Å²) in [6.45, 7) is 8.46. The maximum Gasteiger partial charge on any atom is 0.237 e. The van der Waals surface area contributed by atoms with Gasteiger partial charge in [0, 0.05) is 42.1 Å². The SMILES string of the molecule is C=NC(=N[C@@H](C)COC)Nn1c(C2CCC(O)CC2)cc(C2=C[C@@H]3CC[C@H](C2)N3C)c1C. The third kappa shape index (κ3) is 4.70. The van der Waals surface area contributed by atoms with Gasteiger partial charge in [-0.15, -0.1) is 0 Å². The van der Waals surface area contributed by atoms with Crippen LogP contribution in [0, 0.1) is 6.92 Å². The summed E-state index contributed by atoms with van der Waals surface area (Å²) >= 11 is 0. The summed E-state index contributed by atoms with van der Waals surface area (Å²) in [7, 11) is 3.94. The fourth-order valence-corrected chi connectivity index (χ4v) is 5.71. The highest BCUT2D eigenvalue weighted by molar-refractivity contribution is 5.91. The lowest BCUT2D eigenvalue weighted by molar-refractivity contribution is 0.121. The molecule has 32 heavy (non-hydrogen) atoms. The Labute approximate surface area is 192 Å². The van der Waals surface area contributed by atoms with E-state index >= 15 is 0 Å². The highest BCUT2D eigenvalue weighted by Crippen LogP contribution is 2.41. The Bertz CT molecular complexity index is 881. The number of aromatic nitrogens is 1. The molecule has 3 heterocycles. The van der Waals surface area contributed by atoms with Crippen molar-refractivity contribution in [2.45, 2.75) is 88.9 Å². The number of hydrogen-bond acceptors (Lipinski definition) is 4. The van der Waals surface area contributed by atoms with Gasteiger partial charge in [-0.25, -0.2) is 9.98 Å². The van der Waals surface area contributed by atoms with E-state index in [9.17, 15) is 5.11 Å². The maximum absolute atomic E-state index is 10.0. The molecule has 7 nitrogen and oxygen atoms in total. The molecule has 2 bridgehead atoms. The fourth-order valence-electron chi connectivity index (χ4n) is 5.71. The molecule has 2 aliphatic heterocycles. The van der Waals surface area contributed by atoms with Gasteiger partial charge < -0.3 is 9.84 Å². The van der Waals surface area contributed by atoms with Crippen LogP contribution in [0.5, 0.6) is 0 Å². The number of aliphatic hydroxyl groups is 1. The van der Waals surface area contributed by atoms with Gasteiger partial charge in [-0.1, -0.05) is 6.08 Å². The minimum atomic E-state index is -0.169. The first-order valence-electron chi connectivity index (χ1n) is 12.0. The zero-order chi connectivity index (χ0) is 22.8. The van der Waals surface area contributed by atoms with Crippen molar-refractivity contribution in [3.63, 3.8) is 0 Å². The third-order valence-corrected chi connectivity index (χ3v) is 7.59. The van der Waals surface area contributed by atoms with Crippen molar-refractivity contribution in [1.29, 1.82) is 0 Å². The van der Waals surface area contributed by atoms with Crippen LogP contribution in [0.3, 0.4) is 0 Å². The first-order valence-corrected chi connectivity index (χ1v) is 12.0. The molecule has 0 spiro atoms. The summed E-state index contributed by atoms with van der Waals surface area (Å²) in [4.78, 5) is 11.3. The highest BCUT2D eigenvalue weighted by atomic mass is 16.5. The molecule has 0 radical (unpaired) electrons. The van der Waals surface area contributed by atoms with E-state index in [1.165, 1.54) is 35.4 Å². The van der Waals surface area contributed by atoms with Crippen molar-refractivity contribution in [1.82, 2.24) is 9.58 Å². The number of likely N-dealkylation sites (N-methyl/N-ethyl adjacent to an activating group) is 1. The van der Waals surface area contributed by atoms with E-state index in [1.807, 2.05) is 6.92 Å². The van der Waals surface area contributed by atoms with E-state index in [0.717, 1.165) is 32.1 Å². The second-order valence-electron chi connectivity index (χ2n) is 9.80. The summed E-state index contributed by atoms with van der Waals surface area (Å²) < 4.78 is 7.40. The van der Waals surface area contributed by atoms with Crippen molar-refractivity contribution in [3.8, 4) is 0 Å². The summed E-state index contributed by atoms with van der Waals surface area (Å²) in [5.41, 5.74) is 8.69. The number of aliphatic imine (C=N–C) groups is 2. The van der Waals surface area contributed by atoms with E-state index in [0.29, 0.717) is 30.6 Å². The number of fused-ring (bicyclic) bond motifs is 2. The molecule has 1 saturated carbocycles. The minimum absolute atomic E-state index is 0.0103. The van der Waals surface area contributed by atoms with Gasteiger partial charge in [-0.05, 0) is 84.2 Å². The van der Waals surface area contributed by atoms with E-state index in [4.69, 9.17) is 4.74 Å². The van der Waals surface area contributed by atoms with Crippen LogP contribution in [0.25, 0.3) is 5.57 Å². The van der Waals surface area contributed by atoms with E-state index in [1.54, 1.807) is 7.11 Å². The number of ether oxygens (including phenoxy) is 1. The summed E-state index contributed by atoms with van der Waals surface area (Å²) in [5, 5.41) is 10.0. The first-order chi connectivity index (χ1) is 15.4. The standard InChI is InChI=1S/C25H39N5O2/c1-16(15-32-5)27-25(26-3)28-30-17(2)23(14-24(30)18-6-10-22(31)11-7-18)19-12-20-8-9-21(13-19)29(20)4/h12,14,16,18,20-22,31H,3,6-11,13,15H2,1-2,4-5H3,(H,27,28)/t16-,18?,20-,21+,22?/m0/s1. The van der Waals surface area contributed by atoms with E-state index in [-0.39, 0.29) is 12.1 Å². The van der Waals surface area contributed by atoms with E-state index in [2.05, 4.69) is 57.8 Å². The van der Waals surface area contributed by atoms with Crippen LogP contribution in [0.15, 0.2) is 22.1 Å². The minimum Gasteiger partial charge on any atom is -0.393 e. The Balaban J connectivity index is 1.69. The van der Waals surface area contributed by atoms with Gasteiger partial charge in [-0.3, -0.25) is 15.0 Å². The number of nitrogens with one attached hydrogen (secondary N) is 1. The normalized spacial score (nSPS) is 29.7. The second kappa shape index (κ2) is 9.89. The van der Waals surface area contributed by atoms with Crippen LogP contribution in [0.4, 0.5) is 0 Å².